The first kappa shape index (κ1) is 11.7. The predicted molar refractivity (Wildman–Crippen MR) is 67.9 cm³/mol. The summed E-state index contributed by atoms with van der Waals surface area (Å²) >= 11 is 1.37. The van der Waals surface area contributed by atoms with Crippen LogP contribution < -0.4 is 4.72 Å². The Hall–Kier alpha value is -1.41. The molecule has 1 N–H and O–H groups in total. The molecule has 0 aromatic carbocycles. The highest BCUT2D eigenvalue weighted by atomic mass is 32.2. The Morgan fingerprint density at radius 2 is 2.28 bits per heavy atom. The van der Waals surface area contributed by atoms with Crippen LogP contribution in [0.4, 0.5) is 5.69 Å². The van der Waals surface area contributed by atoms with Crippen molar-refractivity contribution in [3.05, 3.63) is 17.3 Å². The summed E-state index contributed by atoms with van der Waals surface area (Å²) < 4.78 is 31.4. The van der Waals surface area contributed by atoms with Gasteiger partial charge in [0.25, 0.3) is 5.89 Å². The smallest absolute Gasteiger partial charge is 0.270 e. The fourth-order valence-corrected chi connectivity index (χ4v) is 3.79. The second-order valence-electron chi connectivity index (χ2n) is 4.16. The van der Waals surface area contributed by atoms with Crippen molar-refractivity contribution >= 4 is 27.0 Å². The van der Waals surface area contributed by atoms with Gasteiger partial charge in [0.05, 0.1) is 10.9 Å². The highest BCUT2D eigenvalue weighted by Gasteiger charge is 2.36. The summed E-state index contributed by atoms with van der Waals surface area (Å²) in [7, 11) is -3.27. The van der Waals surface area contributed by atoms with Gasteiger partial charge in [-0.3, -0.25) is 4.72 Å². The van der Waals surface area contributed by atoms with Gasteiger partial charge >= 0.3 is 0 Å². The van der Waals surface area contributed by atoms with E-state index in [4.69, 9.17) is 4.52 Å². The van der Waals surface area contributed by atoms with Gasteiger partial charge in [0.15, 0.2) is 5.82 Å². The zero-order chi connectivity index (χ0) is 12.8. The lowest BCUT2D eigenvalue weighted by atomic mass is 10.4. The van der Waals surface area contributed by atoms with E-state index >= 15 is 0 Å². The minimum absolute atomic E-state index is 0.255. The number of sulfonamides is 1. The van der Waals surface area contributed by atoms with E-state index in [-0.39, 0.29) is 5.25 Å². The standard InChI is InChI=1S/C10H11N3O3S2/c1-6-11-10(16-12-6)9-8(4-5-17-9)13-18(14,15)7-2-3-7/h4-5,7,13H,2-3H2,1H3. The number of aromatic nitrogens is 2. The van der Waals surface area contributed by atoms with Crippen LogP contribution in [0.25, 0.3) is 10.8 Å². The molecule has 0 unspecified atom stereocenters. The van der Waals surface area contributed by atoms with Gasteiger partial charge in [-0.05, 0) is 31.2 Å². The number of thiophene rings is 1. The van der Waals surface area contributed by atoms with Crippen LogP contribution in [-0.4, -0.2) is 23.8 Å². The summed E-state index contributed by atoms with van der Waals surface area (Å²) in [6.07, 6.45) is 1.46. The molecule has 2 heterocycles. The van der Waals surface area contributed by atoms with Crippen LogP contribution in [0.1, 0.15) is 18.7 Å². The fourth-order valence-electron chi connectivity index (χ4n) is 1.56. The van der Waals surface area contributed by atoms with E-state index in [0.717, 1.165) is 12.8 Å². The zero-order valence-corrected chi connectivity index (χ0v) is 11.2. The maximum atomic E-state index is 11.9. The summed E-state index contributed by atoms with van der Waals surface area (Å²) in [4.78, 5) is 4.75. The van der Waals surface area contributed by atoms with Gasteiger partial charge in [0.2, 0.25) is 10.0 Å². The van der Waals surface area contributed by atoms with Crippen molar-refractivity contribution in [2.24, 2.45) is 0 Å². The molecular formula is C10H11N3O3S2. The molecule has 0 radical (unpaired) electrons. The summed E-state index contributed by atoms with van der Waals surface area (Å²) in [6, 6.07) is 1.71. The minimum atomic E-state index is -3.27. The van der Waals surface area contributed by atoms with E-state index in [9.17, 15) is 8.42 Å². The van der Waals surface area contributed by atoms with E-state index in [0.29, 0.717) is 22.3 Å². The second-order valence-corrected chi connectivity index (χ2v) is 7.03. The SMILES string of the molecule is Cc1noc(-c2sccc2NS(=O)(=O)C2CC2)n1. The predicted octanol–water partition coefficient (Wildman–Crippen LogP) is 2.01. The number of hydrogen-bond donors (Lipinski definition) is 1. The van der Waals surface area contributed by atoms with Crippen molar-refractivity contribution in [2.75, 3.05) is 4.72 Å². The molecule has 0 bridgehead atoms. The lowest BCUT2D eigenvalue weighted by molar-refractivity contribution is 0.426. The first-order chi connectivity index (χ1) is 8.56. The highest BCUT2D eigenvalue weighted by molar-refractivity contribution is 7.93. The molecule has 0 spiro atoms. The third-order valence-corrected chi connectivity index (χ3v) is 5.36. The summed E-state index contributed by atoms with van der Waals surface area (Å²) in [5.74, 6) is 0.866. The van der Waals surface area contributed by atoms with Crippen molar-refractivity contribution in [2.45, 2.75) is 25.0 Å². The quantitative estimate of drug-likeness (QED) is 0.928. The van der Waals surface area contributed by atoms with Crippen molar-refractivity contribution in [3.63, 3.8) is 0 Å². The van der Waals surface area contributed by atoms with Crippen LogP contribution in [0.3, 0.4) is 0 Å². The van der Waals surface area contributed by atoms with Crippen LogP contribution >= 0.6 is 11.3 Å². The largest absolute Gasteiger partial charge is 0.333 e. The molecule has 1 saturated carbocycles. The Morgan fingerprint density at radius 1 is 1.50 bits per heavy atom. The van der Waals surface area contributed by atoms with Gasteiger partial charge < -0.3 is 4.52 Å². The van der Waals surface area contributed by atoms with Crippen LogP contribution in [0, 0.1) is 6.92 Å². The fraction of sp³-hybridized carbons (Fsp3) is 0.400. The Morgan fingerprint density at radius 3 is 2.89 bits per heavy atom. The first-order valence-electron chi connectivity index (χ1n) is 5.46. The topological polar surface area (TPSA) is 85.1 Å². The zero-order valence-electron chi connectivity index (χ0n) is 9.58. The monoisotopic (exact) mass is 285 g/mol. The molecule has 1 aliphatic rings. The molecule has 0 aliphatic heterocycles. The molecular weight excluding hydrogens is 274 g/mol. The molecule has 6 nitrogen and oxygen atoms in total. The van der Waals surface area contributed by atoms with Gasteiger partial charge in [-0.25, -0.2) is 8.42 Å². The molecule has 2 aromatic rings. The maximum absolute atomic E-state index is 11.9. The Balaban J connectivity index is 1.92. The van der Waals surface area contributed by atoms with Gasteiger partial charge in [-0.1, -0.05) is 5.16 Å². The first-order valence-corrected chi connectivity index (χ1v) is 7.88. The van der Waals surface area contributed by atoms with E-state index in [1.807, 2.05) is 0 Å². The molecule has 1 aliphatic carbocycles. The van der Waals surface area contributed by atoms with Crippen LogP contribution in [0.15, 0.2) is 16.0 Å². The Kier molecular flexibility index (Phi) is 2.63. The van der Waals surface area contributed by atoms with E-state index in [1.54, 1.807) is 18.4 Å². The number of hydrogen-bond acceptors (Lipinski definition) is 6. The van der Waals surface area contributed by atoms with Crippen molar-refractivity contribution in [3.8, 4) is 10.8 Å². The van der Waals surface area contributed by atoms with Crippen molar-refractivity contribution in [1.29, 1.82) is 0 Å². The van der Waals surface area contributed by atoms with Crippen LogP contribution in [0.5, 0.6) is 0 Å². The number of anilines is 1. The molecule has 0 amide bonds. The maximum Gasteiger partial charge on any atom is 0.270 e. The third-order valence-electron chi connectivity index (χ3n) is 2.60. The van der Waals surface area contributed by atoms with Gasteiger partial charge in [0.1, 0.15) is 4.88 Å². The van der Waals surface area contributed by atoms with E-state index in [2.05, 4.69) is 14.9 Å². The number of nitrogens with zero attached hydrogens (tertiary/aromatic N) is 2. The lowest BCUT2D eigenvalue weighted by Gasteiger charge is -2.05. The molecule has 0 saturated heterocycles. The van der Waals surface area contributed by atoms with Gasteiger partial charge in [-0.15, -0.1) is 11.3 Å². The normalized spacial score (nSPS) is 15.8. The molecule has 96 valence electrons. The minimum Gasteiger partial charge on any atom is -0.333 e. The van der Waals surface area contributed by atoms with Gasteiger partial charge in [-0.2, -0.15) is 4.98 Å². The summed E-state index contributed by atoms with van der Waals surface area (Å²) in [5.41, 5.74) is 0.510. The Bertz CT molecular complexity index is 670. The number of aryl methyl sites for hydroxylation is 1. The average molecular weight is 285 g/mol. The molecule has 2 aromatic heterocycles. The summed E-state index contributed by atoms with van der Waals surface area (Å²) in [5, 5.41) is 5.24. The average Bonchev–Trinajstić information content (AvgIpc) is 2.96. The van der Waals surface area contributed by atoms with Crippen molar-refractivity contribution in [1.82, 2.24) is 10.1 Å². The molecule has 0 atom stereocenters. The second kappa shape index (κ2) is 4.06. The molecule has 1 fully saturated rings. The lowest BCUT2D eigenvalue weighted by Crippen LogP contribution is -2.17. The summed E-state index contributed by atoms with van der Waals surface area (Å²) in [6.45, 7) is 1.72. The molecule has 3 rings (SSSR count). The van der Waals surface area contributed by atoms with Crippen LogP contribution in [-0.2, 0) is 10.0 Å². The van der Waals surface area contributed by atoms with E-state index < -0.39 is 10.0 Å². The highest BCUT2D eigenvalue weighted by Crippen LogP contribution is 2.36. The van der Waals surface area contributed by atoms with Crippen LogP contribution in [0.2, 0.25) is 0 Å². The molecule has 18 heavy (non-hydrogen) atoms. The molecule has 8 heteroatoms. The van der Waals surface area contributed by atoms with Gasteiger partial charge in [0, 0.05) is 0 Å². The van der Waals surface area contributed by atoms with E-state index in [1.165, 1.54) is 11.3 Å². The number of nitrogens with one attached hydrogen (secondary N) is 1. The van der Waals surface area contributed by atoms with Crippen molar-refractivity contribution < 1.29 is 12.9 Å². The Labute approximate surface area is 108 Å². The third kappa shape index (κ3) is 2.13. The number of rotatable bonds is 4.